The molecular weight excluding hydrogens is 338 g/mol. The van der Waals surface area contributed by atoms with Gasteiger partial charge in [0, 0.05) is 0 Å². The van der Waals surface area contributed by atoms with E-state index in [1.807, 2.05) is 12.1 Å². The summed E-state index contributed by atoms with van der Waals surface area (Å²) >= 11 is 0. The van der Waals surface area contributed by atoms with Crippen LogP contribution in [0.5, 0.6) is 11.5 Å². The van der Waals surface area contributed by atoms with Crippen LogP contribution in [0, 0.1) is 6.57 Å². The molecule has 2 aromatic rings. The van der Waals surface area contributed by atoms with Gasteiger partial charge >= 0.3 is 5.97 Å². The number of benzene rings is 2. The summed E-state index contributed by atoms with van der Waals surface area (Å²) in [7, 11) is 0. The minimum Gasteiger partial charge on any atom is -0.491 e. The average Bonchev–Trinajstić information content (AvgIpc) is 2.69. The third kappa shape index (κ3) is 7.15. The summed E-state index contributed by atoms with van der Waals surface area (Å²) < 4.78 is 11.3. The van der Waals surface area contributed by atoms with Crippen LogP contribution in [-0.2, 0) is 0 Å². The van der Waals surface area contributed by atoms with Crippen LogP contribution in [0.25, 0.3) is 4.85 Å². The highest BCUT2D eigenvalue weighted by Gasteiger charge is 2.09. The van der Waals surface area contributed by atoms with Crippen molar-refractivity contribution < 1.29 is 14.3 Å². The number of ether oxygens (including phenoxy) is 2. The number of unbranched alkanes of at least 4 members (excludes halogenated alkanes) is 4. The molecule has 0 saturated heterocycles. The lowest BCUT2D eigenvalue weighted by atomic mass is 10.1. The van der Waals surface area contributed by atoms with Crippen LogP contribution in [0.4, 0.5) is 5.69 Å². The molecule has 0 N–H and O–H groups in total. The number of esters is 1. The van der Waals surface area contributed by atoms with E-state index in [9.17, 15) is 4.79 Å². The Hall–Kier alpha value is -2.80. The molecule has 0 fully saturated rings. The first-order valence-electron chi connectivity index (χ1n) is 9.58. The largest absolute Gasteiger partial charge is 0.491 e. The van der Waals surface area contributed by atoms with Crippen molar-refractivity contribution in [2.45, 2.75) is 58.5 Å². The van der Waals surface area contributed by atoms with E-state index in [-0.39, 0.29) is 6.10 Å². The van der Waals surface area contributed by atoms with Gasteiger partial charge in [0.1, 0.15) is 11.5 Å². The molecular formula is C23H27NO3. The maximum absolute atomic E-state index is 12.1. The standard InChI is InChI=1S/C23H27NO3/c1-4-5-6-7-8-9-18(2)26-21-14-16-22(17-15-21)27-23(25)19-10-12-20(24-3)13-11-19/h10-18H,4-9H2,1-2H3/t18-/m0/s1. The van der Waals surface area contributed by atoms with Crippen LogP contribution < -0.4 is 9.47 Å². The summed E-state index contributed by atoms with van der Waals surface area (Å²) in [6, 6.07) is 13.5. The number of carbonyl (C=O) groups is 1. The molecule has 27 heavy (non-hydrogen) atoms. The highest BCUT2D eigenvalue weighted by molar-refractivity contribution is 5.91. The lowest BCUT2D eigenvalue weighted by molar-refractivity contribution is 0.0734. The molecule has 0 radical (unpaired) electrons. The van der Waals surface area contributed by atoms with E-state index in [4.69, 9.17) is 16.0 Å². The predicted octanol–water partition coefficient (Wildman–Crippen LogP) is 6.58. The van der Waals surface area contributed by atoms with Crippen molar-refractivity contribution in [1.82, 2.24) is 0 Å². The van der Waals surface area contributed by atoms with Crippen molar-refractivity contribution in [3.8, 4) is 11.5 Å². The summed E-state index contributed by atoms with van der Waals surface area (Å²) in [6.45, 7) is 11.2. The highest BCUT2D eigenvalue weighted by Crippen LogP contribution is 2.21. The van der Waals surface area contributed by atoms with Gasteiger partial charge in [0.25, 0.3) is 0 Å². The van der Waals surface area contributed by atoms with E-state index in [2.05, 4.69) is 18.7 Å². The molecule has 0 aliphatic carbocycles. The monoisotopic (exact) mass is 365 g/mol. The van der Waals surface area contributed by atoms with Gasteiger partial charge in [-0.2, -0.15) is 0 Å². The van der Waals surface area contributed by atoms with Crippen molar-refractivity contribution >= 4 is 11.7 Å². The second kappa shape index (κ2) is 11.0. The lowest BCUT2D eigenvalue weighted by Crippen LogP contribution is -2.11. The van der Waals surface area contributed by atoms with Crippen molar-refractivity contribution in [3.63, 3.8) is 0 Å². The molecule has 0 spiro atoms. The number of hydrogen-bond donors (Lipinski definition) is 0. The fourth-order valence-electron chi connectivity index (χ4n) is 2.75. The molecule has 0 aliphatic heterocycles. The van der Waals surface area contributed by atoms with Crippen molar-refractivity contribution in [2.75, 3.05) is 0 Å². The Bertz CT molecular complexity index is 745. The first-order chi connectivity index (χ1) is 13.1. The quantitative estimate of drug-likeness (QED) is 0.206. The molecule has 4 heteroatoms. The third-order valence-corrected chi connectivity index (χ3v) is 4.32. The summed E-state index contributed by atoms with van der Waals surface area (Å²) in [5.41, 5.74) is 0.909. The normalized spacial score (nSPS) is 11.4. The topological polar surface area (TPSA) is 39.9 Å². The Balaban J connectivity index is 1.80. The lowest BCUT2D eigenvalue weighted by Gasteiger charge is -2.15. The van der Waals surface area contributed by atoms with Gasteiger partial charge in [0.2, 0.25) is 0 Å². The van der Waals surface area contributed by atoms with Gasteiger partial charge in [-0.1, -0.05) is 56.9 Å². The van der Waals surface area contributed by atoms with Gasteiger partial charge in [0.15, 0.2) is 5.69 Å². The number of nitrogens with zero attached hydrogens (tertiary/aromatic N) is 1. The summed E-state index contributed by atoms with van der Waals surface area (Å²) in [4.78, 5) is 15.4. The van der Waals surface area contributed by atoms with Crippen LogP contribution in [0.15, 0.2) is 48.5 Å². The predicted molar refractivity (Wildman–Crippen MR) is 108 cm³/mol. The Kier molecular flexibility index (Phi) is 8.38. The second-order valence-corrected chi connectivity index (χ2v) is 6.65. The van der Waals surface area contributed by atoms with Gasteiger partial charge in [-0.05, 0) is 44.0 Å². The van der Waals surface area contributed by atoms with Crippen LogP contribution >= 0.6 is 0 Å². The zero-order valence-electron chi connectivity index (χ0n) is 16.1. The van der Waals surface area contributed by atoms with Gasteiger partial charge in [-0.15, -0.1) is 0 Å². The van der Waals surface area contributed by atoms with Gasteiger partial charge in [-0.3, -0.25) is 0 Å². The van der Waals surface area contributed by atoms with E-state index in [1.54, 1.807) is 36.4 Å². The van der Waals surface area contributed by atoms with E-state index in [0.717, 1.165) is 12.2 Å². The molecule has 0 aromatic heterocycles. The Morgan fingerprint density at radius 3 is 2.22 bits per heavy atom. The van der Waals surface area contributed by atoms with Crippen LogP contribution in [0.3, 0.4) is 0 Å². The molecule has 0 saturated carbocycles. The Morgan fingerprint density at radius 1 is 0.963 bits per heavy atom. The van der Waals surface area contributed by atoms with E-state index < -0.39 is 5.97 Å². The second-order valence-electron chi connectivity index (χ2n) is 6.65. The zero-order valence-corrected chi connectivity index (χ0v) is 16.1. The van der Waals surface area contributed by atoms with Crippen molar-refractivity contribution in [1.29, 1.82) is 0 Å². The maximum Gasteiger partial charge on any atom is 0.343 e. The summed E-state index contributed by atoms with van der Waals surface area (Å²) in [6.07, 6.45) is 7.51. The molecule has 2 rings (SSSR count). The summed E-state index contributed by atoms with van der Waals surface area (Å²) in [5.74, 6) is 0.798. The van der Waals surface area contributed by atoms with E-state index in [1.165, 1.54) is 32.1 Å². The van der Waals surface area contributed by atoms with Crippen molar-refractivity contribution in [2.24, 2.45) is 0 Å². The molecule has 142 valence electrons. The Morgan fingerprint density at radius 2 is 1.59 bits per heavy atom. The number of rotatable bonds is 10. The first kappa shape index (κ1) is 20.5. The van der Waals surface area contributed by atoms with Gasteiger partial charge in [0.05, 0.1) is 18.2 Å². The molecule has 0 amide bonds. The van der Waals surface area contributed by atoms with E-state index in [0.29, 0.717) is 17.0 Å². The number of carbonyl (C=O) groups excluding carboxylic acids is 1. The van der Waals surface area contributed by atoms with Gasteiger partial charge < -0.3 is 9.47 Å². The average molecular weight is 365 g/mol. The zero-order chi connectivity index (χ0) is 19.5. The summed E-state index contributed by atoms with van der Waals surface area (Å²) in [5, 5.41) is 0. The minimum absolute atomic E-state index is 0.168. The Labute approximate surface area is 161 Å². The van der Waals surface area contributed by atoms with E-state index >= 15 is 0 Å². The molecule has 0 aliphatic rings. The first-order valence-corrected chi connectivity index (χ1v) is 9.58. The SMILES string of the molecule is [C-]#[N+]c1ccc(C(=O)Oc2ccc(O[C@@H](C)CCCCCCC)cc2)cc1. The smallest absolute Gasteiger partial charge is 0.343 e. The minimum atomic E-state index is -0.444. The molecule has 2 aromatic carbocycles. The van der Waals surface area contributed by atoms with Crippen LogP contribution in [0.2, 0.25) is 0 Å². The maximum atomic E-state index is 12.1. The molecule has 1 atom stereocenters. The van der Waals surface area contributed by atoms with Crippen molar-refractivity contribution in [3.05, 3.63) is 65.5 Å². The third-order valence-electron chi connectivity index (χ3n) is 4.32. The number of hydrogen-bond acceptors (Lipinski definition) is 3. The molecule has 4 nitrogen and oxygen atoms in total. The van der Waals surface area contributed by atoms with Gasteiger partial charge in [-0.25, -0.2) is 9.64 Å². The fraction of sp³-hybridized carbons (Fsp3) is 0.391. The molecule has 0 unspecified atom stereocenters. The molecule has 0 heterocycles. The molecule has 0 bridgehead atoms. The van der Waals surface area contributed by atoms with Crippen LogP contribution in [0.1, 0.15) is 62.7 Å². The fourth-order valence-corrected chi connectivity index (χ4v) is 2.75. The van der Waals surface area contributed by atoms with Crippen LogP contribution in [-0.4, -0.2) is 12.1 Å². The highest BCUT2D eigenvalue weighted by atomic mass is 16.5.